The molecule has 1 atom stereocenters. The smallest absolute Gasteiger partial charge is 0.356 e. The Morgan fingerprint density at radius 2 is 2.00 bits per heavy atom. The number of carbonyl (C=O) groups is 1. The molecule has 124 valence electrons. The van der Waals surface area contributed by atoms with Gasteiger partial charge in [0.25, 0.3) is 0 Å². The van der Waals surface area contributed by atoms with Gasteiger partial charge in [0.1, 0.15) is 17.7 Å². The van der Waals surface area contributed by atoms with E-state index in [1.165, 1.54) is 13.2 Å². The van der Waals surface area contributed by atoms with Gasteiger partial charge in [-0.15, -0.1) is 0 Å². The molecular formula is C17H22N2O4. The van der Waals surface area contributed by atoms with Gasteiger partial charge in [0.2, 0.25) is 0 Å². The fourth-order valence-corrected chi connectivity index (χ4v) is 2.48. The zero-order chi connectivity index (χ0) is 17.0. The first-order valence-corrected chi connectivity index (χ1v) is 7.62. The summed E-state index contributed by atoms with van der Waals surface area (Å²) >= 11 is 0. The number of rotatable bonds is 6. The molecule has 0 saturated heterocycles. The van der Waals surface area contributed by atoms with Crippen LogP contribution in [0.1, 0.15) is 31.3 Å². The molecule has 0 aliphatic rings. The van der Waals surface area contributed by atoms with Gasteiger partial charge in [-0.05, 0) is 32.1 Å². The first-order chi connectivity index (χ1) is 11.0. The summed E-state index contributed by atoms with van der Waals surface area (Å²) in [7, 11) is 1.27. The molecule has 0 amide bonds. The van der Waals surface area contributed by atoms with Gasteiger partial charge >= 0.3 is 5.97 Å². The van der Waals surface area contributed by atoms with Gasteiger partial charge in [0.15, 0.2) is 5.69 Å². The van der Waals surface area contributed by atoms with Crippen LogP contribution in [0.5, 0.6) is 11.5 Å². The summed E-state index contributed by atoms with van der Waals surface area (Å²) in [6.45, 7) is 7.90. The third kappa shape index (κ3) is 3.71. The maximum Gasteiger partial charge on any atom is 0.356 e. The molecule has 2 rings (SSSR count). The highest BCUT2D eigenvalue weighted by Gasteiger charge is 2.15. The van der Waals surface area contributed by atoms with Gasteiger partial charge in [0.05, 0.1) is 12.6 Å². The Labute approximate surface area is 135 Å². The van der Waals surface area contributed by atoms with Crippen LogP contribution in [-0.4, -0.2) is 47.4 Å². The fraction of sp³-hybridized carbons (Fsp3) is 0.412. The number of hydrogen-bond donors (Lipinski definition) is 1. The lowest BCUT2D eigenvalue weighted by Crippen LogP contribution is -2.36. The van der Waals surface area contributed by atoms with E-state index in [4.69, 9.17) is 4.74 Å². The third-order valence-corrected chi connectivity index (χ3v) is 3.79. The van der Waals surface area contributed by atoms with E-state index < -0.39 is 5.97 Å². The third-order valence-electron chi connectivity index (χ3n) is 3.79. The highest BCUT2D eigenvalue weighted by molar-refractivity contribution is 5.94. The summed E-state index contributed by atoms with van der Waals surface area (Å²) in [4.78, 5) is 18.0. The van der Waals surface area contributed by atoms with Crippen molar-refractivity contribution in [3.8, 4) is 11.5 Å². The predicted octanol–water partition coefficient (Wildman–Crippen LogP) is 2.79. The summed E-state index contributed by atoms with van der Waals surface area (Å²) in [6.07, 6.45) is -0.0835. The van der Waals surface area contributed by atoms with Crippen LogP contribution in [0.3, 0.4) is 0 Å². The topological polar surface area (TPSA) is 71.9 Å². The number of carbonyl (C=O) groups excluding carboxylic acids is 1. The number of aromatic nitrogens is 1. The van der Waals surface area contributed by atoms with Crippen LogP contribution in [-0.2, 0) is 4.74 Å². The SMILES string of the molecule is CCN(CC)C(C)Oc1ccc2c(O)cc(C(=O)OC)nc2c1. The normalized spacial score (nSPS) is 12.4. The Kier molecular flexibility index (Phi) is 5.39. The number of benzene rings is 1. The van der Waals surface area contributed by atoms with Crippen molar-refractivity contribution in [2.24, 2.45) is 0 Å². The molecule has 1 aromatic carbocycles. The molecule has 1 N–H and O–H groups in total. The fourth-order valence-electron chi connectivity index (χ4n) is 2.48. The van der Waals surface area contributed by atoms with Crippen molar-refractivity contribution in [3.05, 3.63) is 30.0 Å². The number of ether oxygens (including phenoxy) is 2. The van der Waals surface area contributed by atoms with E-state index in [1.807, 2.05) is 6.92 Å². The molecule has 0 bridgehead atoms. The molecule has 0 aliphatic heterocycles. The average molecular weight is 318 g/mol. The van der Waals surface area contributed by atoms with Crippen molar-refractivity contribution >= 4 is 16.9 Å². The second-order valence-corrected chi connectivity index (χ2v) is 5.14. The van der Waals surface area contributed by atoms with E-state index in [0.29, 0.717) is 16.7 Å². The molecule has 0 saturated carbocycles. The first-order valence-electron chi connectivity index (χ1n) is 7.62. The average Bonchev–Trinajstić information content (AvgIpc) is 2.54. The van der Waals surface area contributed by atoms with Crippen molar-refractivity contribution in [3.63, 3.8) is 0 Å². The Morgan fingerprint density at radius 1 is 1.30 bits per heavy atom. The number of pyridine rings is 1. The molecule has 1 heterocycles. The molecular weight excluding hydrogens is 296 g/mol. The Balaban J connectivity index is 2.35. The van der Waals surface area contributed by atoms with E-state index in [2.05, 4.69) is 28.5 Å². The summed E-state index contributed by atoms with van der Waals surface area (Å²) in [5.41, 5.74) is 0.543. The number of methoxy groups -OCH3 is 1. The molecule has 0 radical (unpaired) electrons. The quantitative estimate of drug-likeness (QED) is 0.652. The standard InChI is InChI=1S/C17H22N2O4/c1-5-19(6-2)11(3)23-12-7-8-13-14(9-12)18-15(10-16(13)20)17(21)22-4/h7-11H,5-6H2,1-4H3,(H,18,20). The summed E-state index contributed by atoms with van der Waals surface area (Å²) in [6, 6.07) is 6.51. The monoisotopic (exact) mass is 318 g/mol. The second kappa shape index (κ2) is 7.28. The zero-order valence-electron chi connectivity index (χ0n) is 13.9. The van der Waals surface area contributed by atoms with Gasteiger partial charge in [-0.25, -0.2) is 9.78 Å². The summed E-state index contributed by atoms with van der Waals surface area (Å²) < 4.78 is 10.6. The molecule has 1 unspecified atom stereocenters. The van der Waals surface area contributed by atoms with Crippen molar-refractivity contribution < 1.29 is 19.4 Å². The highest BCUT2D eigenvalue weighted by atomic mass is 16.5. The number of hydrogen-bond acceptors (Lipinski definition) is 6. The van der Waals surface area contributed by atoms with Crippen LogP contribution in [0.25, 0.3) is 10.9 Å². The maximum atomic E-state index is 11.6. The van der Waals surface area contributed by atoms with E-state index in [9.17, 15) is 9.90 Å². The highest BCUT2D eigenvalue weighted by Crippen LogP contribution is 2.28. The van der Waals surface area contributed by atoms with Crippen molar-refractivity contribution in [2.75, 3.05) is 20.2 Å². The van der Waals surface area contributed by atoms with Crippen molar-refractivity contribution in [2.45, 2.75) is 27.0 Å². The number of nitrogens with zero attached hydrogens (tertiary/aromatic N) is 2. The maximum absolute atomic E-state index is 11.6. The molecule has 6 heteroatoms. The zero-order valence-corrected chi connectivity index (χ0v) is 13.9. The predicted molar refractivity (Wildman–Crippen MR) is 87.8 cm³/mol. The summed E-state index contributed by atoms with van der Waals surface area (Å²) in [5.74, 6) is 0.0228. The Morgan fingerprint density at radius 3 is 2.61 bits per heavy atom. The van der Waals surface area contributed by atoms with Gasteiger partial charge in [0, 0.05) is 17.5 Å². The first kappa shape index (κ1) is 17.0. The molecule has 1 aromatic heterocycles. The lowest BCUT2D eigenvalue weighted by molar-refractivity contribution is 0.0481. The lowest BCUT2D eigenvalue weighted by Gasteiger charge is -2.26. The van der Waals surface area contributed by atoms with Crippen LogP contribution in [0.15, 0.2) is 24.3 Å². The minimum Gasteiger partial charge on any atom is -0.507 e. The van der Waals surface area contributed by atoms with Gasteiger partial charge in [-0.3, -0.25) is 4.90 Å². The number of fused-ring (bicyclic) bond motifs is 1. The Hall–Kier alpha value is -2.34. The van der Waals surface area contributed by atoms with Gasteiger partial charge in [-0.1, -0.05) is 13.8 Å². The molecule has 0 aliphatic carbocycles. The van der Waals surface area contributed by atoms with Gasteiger partial charge in [-0.2, -0.15) is 0 Å². The van der Waals surface area contributed by atoms with E-state index in [-0.39, 0.29) is 17.7 Å². The molecule has 0 spiro atoms. The number of aromatic hydroxyl groups is 1. The second-order valence-electron chi connectivity index (χ2n) is 5.14. The van der Waals surface area contributed by atoms with Crippen molar-refractivity contribution in [1.82, 2.24) is 9.88 Å². The van der Waals surface area contributed by atoms with Gasteiger partial charge < -0.3 is 14.6 Å². The largest absolute Gasteiger partial charge is 0.507 e. The van der Waals surface area contributed by atoms with E-state index in [1.54, 1.807) is 18.2 Å². The lowest BCUT2D eigenvalue weighted by atomic mass is 10.1. The summed E-state index contributed by atoms with van der Waals surface area (Å²) in [5, 5.41) is 10.6. The molecule has 6 nitrogen and oxygen atoms in total. The van der Waals surface area contributed by atoms with E-state index in [0.717, 1.165) is 13.1 Å². The van der Waals surface area contributed by atoms with E-state index >= 15 is 0 Å². The molecule has 0 fully saturated rings. The molecule has 2 aromatic rings. The van der Waals surface area contributed by atoms with Crippen LogP contribution >= 0.6 is 0 Å². The minimum atomic E-state index is -0.593. The Bertz CT molecular complexity index is 698. The van der Waals surface area contributed by atoms with Crippen LogP contribution in [0, 0.1) is 0 Å². The number of esters is 1. The van der Waals surface area contributed by atoms with Crippen LogP contribution < -0.4 is 4.74 Å². The van der Waals surface area contributed by atoms with Crippen molar-refractivity contribution in [1.29, 1.82) is 0 Å². The van der Waals surface area contributed by atoms with Crippen LogP contribution in [0.4, 0.5) is 0 Å². The minimum absolute atomic E-state index is 0.0151. The van der Waals surface area contributed by atoms with Crippen LogP contribution in [0.2, 0.25) is 0 Å². The molecule has 23 heavy (non-hydrogen) atoms.